The zero-order valence-electron chi connectivity index (χ0n) is 10.1. The van der Waals surface area contributed by atoms with Gasteiger partial charge in [-0.05, 0) is 30.7 Å². The average Bonchev–Trinajstić information content (AvgIpc) is 2.38. The molecule has 92 valence electrons. The number of aromatic carboxylic acids is 1. The molecule has 1 aromatic carbocycles. The Balaban J connectivity index is 2.10. The zero-order valence-corrected chi connectivity index (χ0v) is 10.1. The number of carboxylic acids is 1. The van der Waals surface area contributed by atoms with Crippen LogP contribution in [-0.4, -0.2) is 16.1 Å². The van der Waals surface area contributed by atoms with E-state index in [4.69, 9.17) is 5.11 Å². The monoisotopic (exact) mass is 242 g/mol. The number of benzene rings is 1. The molecule has 2 aromatic rings. The third-order valence-electron chi connectivity index (χ3n) is 2.59. The number of nitrogens with zero attached hydrogens (tertiary/aromatic N) is 1. The highest BCUT2D eigenvalue weighted by atomic mass is 16.4. The van der Waals surface area contributed by atoms with E-state index in [0.29, 0.717) is 12.2 Å². The minimum absolute atomic E-state index is 0.268. The van der Waals surface area contributed by atoms with Crippen LogP contribution in [-0.2, 0) is 6.54 Å². The molecule has 0 saturated carbocycles. The van der Waals surface area contributed by atoms with E-state index in [1.54, 1.807) is 30.5 Å². The molecule has 0 radical (unpaired) electrons. The largest absolute Gasteiger partial charge is 0.478 e. The third kappa shape index (κ3) is 2.85. The Hall–Kier alpha value is -2.36. The molecule has 0 unspecified atom stereocenters. The first kappa shape index (κ1) is 12.1. The minimum Gasteiger partial charge on any atom is -0.478 e. The number of nitrogens with one attached hydrogen (secondary N) is 1. The van der Waals surface area contributed by atoms with Crippen LogP contribution in [0.1, 0.15) is 21.6 Å². The molecule has 2 rings (SSSR count). The summed E-state index contributed by atoms with van der Waals surface area (Å²) in [4.78, 5) is 15.3. The fraction of sp³-hybridized carbons (Fsp3) is 0.143. The van der Waals surface area contributed by atoms with Crippen molar-refractivity contribution in [3.63, 3.8) is 0 Å². The Kier molecular flexibility index (Phi) is 3.57. The van der Waals surface area contributed by atoms with Crippen LogP contribution in [0.4, 0.5) is 5.69 Å². The first-order chi connectivity index (χ1) is 8.66. The maximum absolute atomic E-state index is 11.0. The molecule has 0 saturated heterocycles. The molecule has 0 fully saturated rings. The van der Waals surface area contributed by atoms with Gasteiger partial charge in [0.15, 0.2) is 0 Å². The smallest absolute Gasteiger partial charge is 0.337 e. The van der Waals surface area contributed by atoms with Crippen LogP contribution < -0.4 is 5.32 Å². The van der Waals surface area contributed by atoms with Crippen LogP contribution in [0, 0.1) is 6.92 Å². The second-order valence-corrected chi connectivity index (χ2v) is 4.03. The van der Waals surface area contributed by atoms with Gasteiger partial charge in [0.2, 0.25) is 0 Å². The highest BCUT2D eigenvalue weighted by Gasteiger charge is 2.08. The summed E-state index contributed by atoms with van der Waals surface area (Å²) in [5, 5.41) is 12.1. The lowest BCUT2D eigenvalue weighted by atomic mass is 10.2. The normalized spacial score (nSPS) is 10.1. The summed E-state index contributed by atoms with van der Waals surface area (Å²) in [7, 11) is 0. The van der Waals surface area contributed by atoms with Crippen LogP contribution in [0.3, 0.4) is 0 Å². The Bertz CT molecular complexity index is 550. The van der Waals surface area contributed by atoms with Crippen molar-refractivity contribution < 1.29 is 9.90 Å². The number of hydrogen-bond donors (Lipinski definition) is 2. The quantitative estimate of drug-likeness (QED) is 0.865. The Morgan fingerprint density at radius 3 is 2.72 bits per heavy atom. The third-order valence-corrected chi connectivity index (χ3v) is 2.59. The Morgan fingerprint density at radius 1 is 1.28 bits per heavy atom. The molecular formula is C14H14N2O2. The van der Waals surface area contributed by atoms with Crippen molar-refractivity contribution in [2.45, 2.75) is 13.5 Å². The van der Waals surface area contributed by atoms with Gasteiger partial charge in [-0.2, -0.15) is 0 Å². The molecule has 4 nitrogen and oxygen atoms in total. The van der Waals surface area contributed by atoms with Crippen LogP contribution in [0.2, 0.25) is 0 Å². The number of hydrogen-bond acceptors (Lipinski definition) is 3. The lowest BCUT2D eigenvalue weighted by Gasteiger charge is -2.08. The fourth-order valence-corrected chi connectivity index (χ4v) is 1.61. The molecule has 0 aliphatic heterocycles. The SMILES string of the molecule is Cc1ccc(CNc2ccccc2C(=O)O)nc1. The lowest BCUT2D eigenvalue weighted by molar-refractivity contribution is 0.0698. The van der Waals surface area contributed by atoms with Gasteiger partial charge < -0.3 is 10.4 Å². The molecule has 0 spiro atoms. The van der Waals surface area contributed by atoms with Gasteiger partial charge in [-0.15, -0.1) is 0 Å². The summed E-state index contributed by atoms with van der Waals surface area (Å²) in [6.07, 6.45) is 1.79. The Labute approximate surface area is 105 Å². The number of rotatable bonds is 4. The van der Waals surface area contributed by atoms with Gasteiger partial charge in [0.1, 0.15) is 0 Å². The van der Waals surface area contributed by atoms with Crippen molar-refractivity contribution in [1.82, 2.24) is 4.98 Å². The zero-order chi connectivity index (χ0) is 13.0. The first-order valence-electron chi connectivity index (χ1n) is 5.64. The molecule has 0 atom stereocenters. The van der Waals surface area contributed by atoms with E-state index in [2.05, 4.69) is 10.3 Å². The standard InChI is InChI=1S/C14H14N2O2/c1-10-6-7-11(15-8-10)9-16-13-5-3-2-4-12(13)14(17)18/h2-8,16H,9H2,1H3,(H,17,18). The van der Waals surface area contributed by atoms with E-state index in [-0.39, 0.29) is 5.56 Å². The molecule has 4 heteroatoms. The van der Waals surface area contributed by atoms with E-state index >= 15 is 0 Å². The second kappa shape index (κ2) is 5.31. The molecule has 2 N–H and O–H groups in total. The van der Waals surface area contributed by atoms with Crippen LogP contribution >= 0.6 is 0 Å². The maximum Gasteiger partial charge on any atom is 0.337 e. The summed E-state index contributed by atoms with van der Waals surface area (Å²) in [5.74, 6) is -0.935. The first-order valence-corrected chi connectivity index (χ1v) is 5.64. The minimum atomic E-state index is -0.935. The van der Waals surface area contributed by atoms with Crippen molar-refractivity contribution in [3.8, 4) is 0 Å². The molecule has 1 aromatic heterocycles. The predicted molar refractivity (Wildman–Crippen MR) is 69.7 cm³/mol. The highest BCUT2D eigenvalue weighted by Crippen LogP contribution is 2.15. The molecule has 0 bridgehead atoms. The van der Waals surface area contributed by atoms with Crippen LogP contribution in [0.15, 0.2) is 42.6 Å². The summed E-state index contributed by atoms with van der Waals surface area (Å²) in [6.45, 7) is 2.48. The van der Waals surface area contributed by atoms with E-state index in [1.807, 2.05) is 19.1 Å². The average molecular weight is 242 g/mol. The fourth-order valence-electron chi connectivity index (χ4n) is 1.61. The summed E-state index contributed by atoms with van der Waals surface area (Å²) < 4.78 is 0. The molecule has 18 heavy (non-hydrogen) atoms. The van der Waals surface area contributed by atoms with Gasteiger partial charge in [-0.1, -0.05) is 18.2 Å². The number of aryl methyl sites for hydroxylation is 1. The number of anilines is 1. The number of aromatic nitrogens is 1. The summed E-state index contributed by atoms with van der Waals surface area (Å²) in [6, 6.07) is 10.7. The van der Waals surface area contributed by atoms with Gasteiger partial charge in [0.25, 0.3) is 0 Å². The highest BCUT2D eigenvalue weighted by molar-refractivity contribution is 5.94. The maximum atomic E-state index is 11.0. The van der Waals surface area contributed by atoms with Gasteiger partial charge in [0, 0.05) is 11.9 Å². The van der Waals surface area contributed by atoms with Crippen molar-refractivity contribution in [2.75, 3.05) is 5.32 Å². The number of carboxylic acid groups (broad SMARTS) is 1. The number of carbonyl (C=O) groups is 1. The van der Waals surface area contributed by atoms with Gasteiger partial charge in [0.05, 0.1) is 17.8 Å². The van der Waals surface area contributed by atoms with E-state index < -0.39 is 5.97 Å². The van der Waals surface area contributed by atoms with E-state index in [1.165, 1.54) is 0 Å². The number of para-hydroxylation sites is 1. The number of pyridine rings is 1. The van der Waals surface area contributed by atoms with Gasteiger partial charge in [-0.25, -0.2) is 4.79 Å². The van der Waals surface area contributed by atoms with Gasteiger partial charge in [-0.3, -0.25) is 4.98 Å². The van der Waals surface area contributed by atoms with Crippen molar-refractivity contribution in [3.05, 3.63) is 59.4 Å². The summed E-state index contributed by atoms with van der Waals surface area (Å²) in [5.41, 5.74) is 2.85. The topological polar surface area (TPSA) is 62.2 Å². The molecular weight excluding hydrogens is 228 g/mol. The molecule has 0 aliphatic carbocycles. The summed E-state index contributed by atoms with van der Waals surface area (Å²) >= 11 is 0. The van der Waals surface area contributed by atoms with Crippen LogP contribution in [0.25, 0.3) is 0 Å². The van der Waals surface area contributed by atoms with Gasteiger partial charge >= 0.3 is 5.97 Å². The second-order valence-electron chi connectivity index (χ2n) is 4.03. The molecule has 0 amide bonds. The Morgan fingerprint density at radius 2 is 2.06 bits per heavy atom. The van der Waals surface area contributed by atoms with Crippen molar-refractivity contribution in [2.24, 2.45) is 0 Å². The lowest BCUT2D eigenvalue weighted by Crippen LogP contribution is -2.07. The molecule has 1 heterocycles. The molecule has 0 aliphatic rings. The van der Waals surface area contributed by atoms with E-state index in [0.717, 1.165) is 11.3 Å². The van der Waals surface area contributed by atoms with Crippen molar-refractivity contribution in [1.29, 1.82) is 0 Å². The van der Waals surface area contributed by atoms with Crippen LogP contribution in [0.5, 0.6) is 0 Å². The van der Waals surface area contributed by atoms with E-state index in [9.17, 15) is 4.79 Å². The predicted octanol–water partition coefficient (Wildman–Crippen LogP) is 2.70. The van der Waals surface area contributed by atoms with Crippen molar-refractivity contribution >= 4 is 11.7 Å².